The van der Waals surface area contributed by atoms with Gasteiger partial charge in [-0.2, -0.15) is 0 Å². The normalized spacial score (nSPS) is 26.4. The second-order valence-corrected chi connectivity index (χ2v) is 5.05. The van der Waals surface area contributed by atoms with Crippen LogP contribution in [-0.2, 0) is 6.42 Å². The number of nitrogens with one attached hydrogen (secondary N) is 1. The van der Waals surface area contributed by atoms with Gasteiger partial charge in [0.05, 0.1) is 12.1 Å². The highest BCUT2D eigenvalue weighted by Crippen LogP contribution is 2.32. The van der Waals surface area contributed by atoms with E-state index in [1.165, 1.54) is 16.7 Å². The van der Waals surface area contributed by atoms with Crippen LogP contribution in [0.25, 0.3) is 0 Å². The fourth-order valence-electron chi connectivity index (χ4n) is 2.69. The fraction of sp³-hybridized carbons (Fsp3) is 0.286. The maximum atomic E-state index is 6.37. The van der Waals surface area contributed by atoms with Crippen LogP contribution in [0.5, 0.6) is 0 Å². The van der Waals surface area contributed by atoms with Gasteiger partial charge in [-0.3, -0.25) is 0 Å². The summed E-state index contributed by atoms with van der Waals surface area (Å²) in [6.07, 6.45) is 8.25. The molecule has 1 aromatic carbocycles. The second kappa shape index (κ2) is 4.21. The smallest absolute Gasteiger partial charge is 0.0664 e. The van der Waals surface area contributed by atoms with E-state index in [4.69, 9.17) is 17.3 Å². The van der Waals surface area contributed by atoms with Crippen LogP contribution in [0.2, 0.25) is 5.02 Å². The Bertz CT molecular complexity index is 505. The number of allylic oxidation sites excluding steroid dienone is 2. The molecule has 0 spiro atoms. The predicted octanol–water partition coefficient (Wildman–Crippen LogP) is 2.70. The first kappa shape index (κ1) is 10.9. The summed E-state index contributed by atoms with van der Waals surface area (Å²) >= 11 is 6.05. The monoisotopic (exact) mass is 246 g/mol. The summed E-state index contributed by atoms with van der Waals surface area (Å²) in [7, 11) is 0. The Morgan fingerprint density at radius 1 is 1.29 bits per heavy atom. The Kier molecular flexibility index (Phi) is 2.69. The number of hydrogen-bond acceptors (Lipinski definition) is 2. The molecule has 0 fully saturated rings. The van der Waals surface area contributed by atoms with Crippen molar-refractivity contribution in [2.75, 3.05) is 0 Å². The summed E-state index contributed by atoms with van der Waals surface area (Å²) in [6, 6.07) is 6.25. The molecular weight excluding hydrogens is 232 g/mol. The van der Waals surface area contributed by atoms with Crippen molar-refractivity contribution in [2.45, 2.75) is 24.9 Å². The number of hydrogen-bond donors (Lipinski definition) is 2. The molecule has 3 N–H and O–H groups in total. The highest BCUT2D eigenvalue weighted by atomic mass is 35.5. The summed E-state index contributed by atoms with van der Waals surface area (Å²) in [5.74, 6) is 0. The maximum Gasteiger partial charge on any atom is 0.0664 e. The zero-order valence-electron chi connectivity index (χ0n) is 9.49. The van der Waals surface area contributed by atoms with Crippen molar-refractivity contribution in [3.8, 4) is 0 Å². The number of nitrogens with two attached hydrogens (primary N) is 1. The average Bonchev–Trinajstić information content (AvgIpc) is 2.48. The van der Waals surface area contributed by atoms with E-state index >= 15 is 0 Å². The third-order valence-electron chi connectivity index (χ3n) is 3.59. The fourth-order valence-corrected chi connectivity index (χ4v) is 2.88. The van der Waals surface area contributed by atoms with Gasteiger partial charge in [-0.15, -0.1) is 0 Å². The van der Waals surface area contributed by atoms with Gasteiger partial charge in [0, 0.05) is 5.02 Å². The lowest BCUT2D eigenvalue weighted by Crippen LogP contribution is -2.38. The topological polar surface area (TPSA) is 38.0 Å². The predicted molar refractivity (Wildman–Crippen MR) is 70.8 cm³/mol. The minimum atomic E-state index is 0.000895. The third kappa shape index (κ3) is 1.88. The Morgan fingerprint density at radius 2 is 2.18 bits per heavy atom. The molecule has 17 heavy (non-hydrogen) atoms. The minimum Gasteiger partial charge on any atom is -0.382 e. The van der Waals surface area contributed by atoms with Gasteiger partial charge >= 0.3 is 0 Å². The van der Waals surface area contributed by atoms with E-state index in [9.17, 15) is 0 Å². The van der Waals surface area contributed by atoms with E-state index in [0.29, 0.717) is 0 Å². The van der Waals surface area contributed by atoms with Gasteiger partial charge in [0.1, 0.15) is 0 Å². The molecule has 2 nitrogen and oxygen atoms in total. The van der Waals surface area contributed by atoms with E-state index in [1.54, 1.807) is 0 Å². The van der Waals surface area contributed by atoms with Crippen molar-refractivity contribution in [1.29, 1.82) is 0 Å². The first-order chi connectivity index (χ1) is 8.25. The van der Waals surface area contributed by atoms with Crippen LogP contribution < -0.4 is 11.1 Å². The van der Waals surface area contributed by atoms with Gasteiger partial charge in [-0.25, -0.2) is 0 Å². The molecule has 0 saturated heterocycles. The molecule has 1 heterocycles. The molecule has 88 valence electrons. The minimum absolute atomic E-state index is 0.000895. The molecule has 3 heteroatoms. The molecule has 0 bridgehead atoms. The first-order valence-corrected chi connectivity index (χ1v) is 6.29. The van der Waals surface area contributed by atoms with Crippen LogP contribution in [-0.4, -0.2) is 6.04 Å². The van der Waals surface area contributed by atoms with Crippen LogP contribution in [0.4, 0.5) is 0 Å². The van der Waals surface area contributed by atoms with Gasteiger partial charge in [-0.1, -0.05) is 23.7 Å². The summed E-state index contributed by atoms with van der Waals surface area (Å²) in [5.41, 5.74) is 10.2. The first-order valence-electron chi connectivity index (χ1n) is 5.91. The number of rotatable bonds is 0. The van der Waals surface area contributed by atoms with E-state index in [1.807, 2.05) is 24.4 Å². The van der Waals surface area contributed by atoms with Gasteiger partial charge in [0.25, 0.3) is 0 Å². The molecule has 0 aromatic heterocycles. The maximum absolute atomic E-state index is 6.37. The molecular formula is C14H15ClN2. The lowest BCUT2D eigenvalue weighted by atomic mass is 9.93. The summed E-state index contributed by atoms with van der Waals surface area (Å²) in [5, 5.41) is 4.15. The van der Waals surface area contributed by atoms with Crippen LogP contribution >= 0.6 is 11.6 Å². The molecule has 1 aromatic rings. The third-order valence-corrected chi connectivity index (χ3v) is 3.82. The lowest BCUT2D eigenvalue weighted by molar-refractivity contribution is 0.538. The summed E-state index contributed by atoms with van der Waals surface area (Å²) in [4.78, 5) is 0. The Labute approximate surface area is 106 Å². The van der Waals surface area contributed by atoms with Gasteiger partial charge in [-0.05, 0) is 54.0 Å². The Hall–Kier alpha value is -1.25. The molecule has 0 saturated carbocycles. The van der Waals surface area contributed by atoms with E-state index < -0.39 is 0 Å². The van der Waals surface area contributed by atoms with Gasteiger partial charge < -0.3 is 11.1 Å². The number of aryl methyl sites for hydroxylation is 1. The van der Waals surface area contributed by atoms with Gasteiger partial charge in [0.15, 0.2) is 0 Å². The van der Waals surface area contributed by atoms with E-state index in [2.05, 4.69) is 17.5 Å². The van der Waals surface area contributed by atoms with Crippen LogP contribution in [0.15, 0.2) is 42.1 Å². The molecule has 2 atom stereocenters. The number of dihydropyridines is 1. The zero-order valence-corrected chi connectivity index (χ0v) is 10.2. The Morgan fingerprint density at radius 3 is 3.06 bits per heavy atom. The number of fused-ring (bicyclic) bond motifs is 2. The molecule has 0 amide bonds. The molecule has 3 rings (SSSR count). The zero-order chi connectivity index (χ0) is 11.8. The standard InChI is InChI=1S/C14H15ClN2/c15-11-5-6-12-10(8-11)4-3-9-2-1-7-17-14(9)13(12)16/h1-2,5-8,13-14,17H,3-4,16H2. The molecule has 1 aliphatic carbocycles. The summed E-state index contributed by atoms with van der Waals surface area (Å²) < 4.78 is 0. The van der Waals surface area contributed by atoms with Crippen LogP contribution in [0, 0.1) is 0 Å². The lowest BCUT2D eigenvalue weighted by Gasteiger charge is -2.27. The molecule has 2 aliphatic rings. The second-order valence-electron chi connectivity index (χ2n) is 4.61. The van der Waals surface area contributed by atoms with Crippen molar-refractivity contribution < 1.29 is 0 Å². The van der Waals surface area contributed by atoms with Crippen molar-refractivity contribution in [3.05, 3.63) is 58.3 Å². The highest BCUT2D eigenvalue weighted by Gasteiger charge is 2.28. The van der Waals surface area contributed by atoms with E-state index in [-0.39, 0.29) is 12.1 Å². The Balaban J connectivity index is 2.05. The van der Waals surface area contributed by atoms with Gasteiger partial charge in [0.2, 0.25) is 0 Å². The van der Waals surface area contributed by atoms with Crippen molar-refractivity contribution >= 4 is 11.6 Å². The van der Waals surface area contributed by atoms with E-state index in [0.717, 1.165) is 17.9 Å². The SMILES string of the molecule is NC1c2ccc(Cl)cc2CCC2=CC=CNC21. The molecule has 2 unspecified atom stereocenters. The quantitative estimate of drug-likeness (QED) is 0.739. The molecule has 1 aliphatic heterocycles. The van der Waals surface area contributed by atoms with Crippen molar-refractivity contribution in [1.82, 2.24) is 5.32 Å². The largest absolute Gasteiger partial charge is 0.382 e. The number of halogens is 1. The van der Waals surface area contributed by atoms with Crippen molar-refractivity contribution in [3.63, 3.8) is 0 Å². The summed E-state index contributed by atoms with van der Waals surface area (Å²) in [6.45, 7) is 0. The van der Waals surface area contributed by atoms with Crippen LogP contribution in [0.3, 0.4) is 0 Å². The number of benzene rings is 1. The average molecular weight is 247 g/mol. The van der Waals surface area contributed by atoms with Crippen molar-refractivity contribution in [2.24, 2.45) is 5.73 Å². The molecule has 0 radical (unpaired) electrons. The highest BCUT2D eigenvalue weighted by molar-refractivity contribution is 6.30. The van der Waals surface area contributed by atoms with Crippen LogP contribution in [0.1, 0.15) is 23.6 Å².